The lowest BCUT2D eigenvalue weighted by Crippen LogP contribution is -2.47. The Morgan fingerprint density at radius 3 is 2.50 bits per heavy atom. The van der Waals surface area contributed by atoms with Crippen LogP contribution in [0.2, 0.25) is 0 Å². The van der Waals surface area contributed by atoms with Crippen molar-refractivity contribution >= 4 is 28.5 Å². The molecule has 1 amide bonds. The predicted octanol–water partition coefficient (Wildman–Crippen LogP) is 0.706. The highest BCUT2D eigenvalue weighted by atomic mass is 32.1. The Morgan fingerprint density at radius 2 is 1.88 bits per heavy atom. The number of carbonyl (C=O) groups is 1. The summed E-state index contributed by atoms with van der Waals surface area (Å²) in [5, 5.41) is 0. The van der Waals surface area contributed by atoms with Crippen molar-refractivity contribution in [2.45, 2.75) is 38.5 Å². The number of aromatic amines is 1. The molecule has 2 saturated heterocycles. The largest absolute Gasteiger partial charge is 0.347 e. The number of fused-ring (bicyclic) bond motifs is 1. The zero-order chi connectivity index (χ0) is 18.5. The summed E-state index contributed by atoms with van der Waals surface area (Å²) in [5.41, 5.74) is -0.653. The van der Waals surface area contributed by atoms with Crippen molar-refractivity contribution in [1.29, 1.82) is 0 Å². The first-order valence-corrected chi connectivity index (χ1v) is 9.40. The van der Waals surface area contributed by atoms with Gasteiger partial charge in [0.05, 0.1) is 18.7 Å². The van der Waals surface area contributed by atoms with Crippen LogP contribution in [0.3, 0.4) is 0 Å². The fourth-order valence-corrected chi connectivity index (χ4v) is 4.32. The topological polar surface area (TPSA) is 107 Å². The maximum atomic E-state index is 12.9. The standard InChI is InChI=1S/C16H20N4O5S/c1-9(2)20-13(21)11-10(17-15(20)23)12(26-18-11)14(22)19-5-3-16(4-6-19)24-7-8-25-16/h9H,3-8H2,1-2H3,(H,17,23). The average Bonchev–Trinajstić information content (AvgIpc) is 3.22. The van der Waals surface area contributed by atoms with Gasteiger partial charge in [-0.1, -0.05) is 0 Å². The Labute approximate surface area is 152 Å². The second-order valence-corrected chi connectivity index (χ2v) is 7.61. The normalized spacial score (nSPS) is 19.7. The van der Waals surface area contributed by atoms with E-state index in [4.69, 9.17) is 9.47 Å². The number of ether oxygens (including phenoxy) is 2. The number of likely N-dealkylation sites (tertiary alicyclic amines) is 1. The fourth-order valence-electron chi connectivity index (χ4n) is 3.52. The van der Waals surface area contributed by atoms with Crippen molar-refractivity contribution in [3.8, 4) is 0 Å². The number of nitrogens with zero attached hydrogens (tertiary/aromatic N) is 3. The number of H-pyrrole nitrogens is 1. The highest BCUT2D eigenvalue weighted by Gasteiger charge is 2.41. The van der Waals surface area contributed by atoms with E-state index in [9.17, 15) is 14.4 Å². The third-order valence-corrected chi connectivity index (χ3v) is 5.74. The molecule has 0 unspecified atom stereocenters. The molecule has 0 aliphatic carbocycles. The summed E-state index contributed by atoms with van der Waals surface area (Å²) in [6.07, 6.45) is 1.21. The van der Waals surface area contributed by atoms with E-state index in [1.807, 2.05) is 0 Å². The van der Waals surface area contributed by atoms with Gasteiger partial charge in [-0.05, 0) is 25.4 Å². The zero-order valence-corrected chi connectivity index (χ0v) is 15.4. The quantitative estimate of drug-likeness (QED) is 0.822. The summed E-state index contributed by atoms with van der Waals surface area (Å²) >= 11 is 0.944. The van der Waals surface area contributed by atoms with Gasteiger partial charge in [0.25, 0.3) is 11.5 Å². The van der Waals surface area contributed by atoms with Crippen molar-refractivity contribution in [2.75, 3.05) is 26.3 Å². The molecule has 10 heteroatoms. The zero-order valence-electron chi connectivity index (χ0n) is 14.6. The molecule has 0 bridgehead atoms. The molecule has 2 aliphatic heterocycles. The van der Waals surface area contributed by atoms with Crippen molar-refractivity contribution < 1.29 is 14.3 Å². The maximum absolute atomic E-state index is 12.9. The average molecular weight is 380 g/mol. The number of hydrogen-bond acceptors (Lipinski definition) is 7. The minimum absolute atomic E-state index is 0.127. The number of amides is 1. The van der Waals surface area contributed by atoms with Gasteiger partial charge in [-0.25, -0.2) is 4.79 Å². The van der Waals surface area contributed by atoms with Gasteiger partial charge in [0.15, 0.2) is 11.3 Å². The van der Waals surface area contributed by atoms with Crippen LogP contribution >= 0.6 is 11.5 Å². The smallest absolute Gasteiger partial charge is 0.329 e. The van der Waals surface area contributed by atoms with Crippen LogP contribution in [0.15, 0.2) is 9.59 Å². The maximum Gasteiger partial charge on any atom is 0.329 e. The van der Waals surface area contributed by atoms with E-state index in [0.29, 0.717) is 39.1 Å². The lowest BCUT2D eigenvalue weighted by Gasteiger charge is -2.37. The lowest BCUT2D eigenvalue weighted by atomic mass is 10.0. The van der Waals surface area contributed by atoms with Crippen LogP contribution in [-0.2, 0) is 9.47 Å². The number of rotatable bonds is 2. The fraction of sp³-hybridized carbons (Fsp3) is 0.625. The molecule has 0 radical (unpaired) electrons. The van der Waals surface area contributed by atoms with Crippen LogP contribution in [0.25, 0.3) is 11.0 Å². The molecule has 0 aromatic carbocycles. The molecule has 2 fully saturated rings. The number of piperidine rings is 1. The van der Waals surface area contributed by atoms with Gasteiger partial charge in [0, 0.05) is 32.0 Å². The molecular weight excluding hydrogens is 360 g/mol. The van der Waals surface area contributed by atoms with Crippen LogP contribution in [0, 0.1) is 0 Å². The van der Waals surface area contributed by atoms with Crippen LogP contribution in [0.1, 0.15) is 42.4 Å². The van der Waals surface area contributed by atoms with Crippen molar-refractivity contribution in [2.24, 2.45) is 0 Å². The van der Waals surface area contributed by atoms with E-state index in [-0.39, 0.29) is 27.9 Å². The van der Waals surface area contributed by atoms with Gasteiger partial charge in [0.1, 0.15) is 4.88 Å². The highest BCUT2D eigenvalue weighted by Crippen LogP contribution is 2.32. The predicted molar refractivity (Wildman–Crippen MR) is 94.7 cm³/mol. The van der Waals surface area contributed by atoms with Crippen molar-refractivity contribution in [1.82, 2.24) is 18.8 Å². The second kappa shape index (κ2) is 6.29. The summed E-state index contributed by atoms with van der Waals surface area (Å²) in [6.45, 7) is 5.64. The Balaban J connectivity index is 1.64. The molecule has 9 nitrogen and oxygen atoms in total. The van der Waals surface area contributed by atoms with E-state index < -0.39 is 17.0 Å². The van der Waals surface area contributed by atoms with E-state index in [1.54, 1.807) is 18.7 Å². The van der Waals surface area contributed by atoms with E-state index in [2.05, 4.69) is 9.36 Å². The number of aromatic nitrogens is 3. The molecule has 0 atom stereocenters. The van der Waals surface area contributed by atoms with Crippen molar-refractivity contribution in [3.63, 3.8) is 0 Å². The summed E-state index contributed by atoms with van der Waals surface area (Å²) in [7, 11) is 0. The van der Waals surface area contributed by atoms with Gasteiger partial charge in [-0.15, -0.1) is 0 Å². The molecule has 2 aliphatic rings. The molecule has 0 saturated carbocycles. The Morgan fingerprint density at radius 1 is 1.23 bits per heavy atom. The molecule has 2 aromatic heterocycles. The third kappa shape index (κ3) is 2.68. The summed E-state index contributed by atoms with van der Waals surface area (Å²) < 4.78 is 16.6. The molecule has 1 N–H and O–H groups in total. The molecular formula is C16H20N4O5S. The summed E-state index contributed by atoms with van der Waals surface area (Å²) in [5.74, 6) is -0.797. The lowest BCUT2D eigenvalue weighted by molar-refractivity contribution is -0.181. The monoisotopic (exact) mass is 380 g/mol. The van der Waals surface area contributed by atoms with E-state index >= 15 is 0 Å². The molecule has 2 aromatic rings. The Kier molecular flexibility index (Phi) is 4.20. The molecule has 4 rings (SSSR count). The van der Waals surface area contributed by atoms with Gasteiger partial charge in [-0.2, -0.15) is 4.37 Å². The number of carbonyl (C=O) groups excluding carboxylic acids is 1. The highest BCUT2D eigenvalue weighted by molar-refractivity contribution is 7.09. The third-order valence-electron chi connectivity index (χ3n) is 4.90. The van der Waals surface area contributed by atoms with Crippen LogP contribution < -0.4 is 11.2 Å². The SMILES string of the molecule is CC(C)n1c(=O)[nH]c2c(C(=O)N3CCC4(CC3)OCCO4)snc2c1=O. The summed E-state index contributed by atoms with van der Waals surface area (Å²) in [6, 6.07) is -0.291. The summed E-state index contributed by atoms with van der Waals surface area (Å²) in [4.78, 5) is 42.3. The molecule has 26 heavy (non-hydrogen) atoms. The van der Waals surface area contributed by atoms with E-state index in [0.717, 1.165) is 16.1 Å². The minimum Gasteiger partial charge on any atom is -0.347 e. The molecule has 140 valence electrons. The first-order chi connectivity index (χ1) is 12.4. The molecule has 4 heterocycles. The van der Waals surface area contributed by atoms with Gasteiger partial charge in [-0.3, -0.25) is 14.2 Å². The van der Waals surface area contributed by atoms with Gasteiger partial charge >= 0.3 is 5.69 Å². The molecule has 1 spiro atoms. The van der Waals surface area contributed by atoms with Gasteiger partial charge < -0.3 is 19.4 Å². The first kappa shape index (κ1) is 17.4. The van der Waals surface area contributed by atoms with Gasteiger partial charge in [0.2, 0.25) is 0 Å². The van der Waals surface area contributed by atoms with Crippen LogP contribution in [-0.4, -0.2) is 56.8 Å². The Bertz CT molecular complexity index is 959. The van der Waals surface area contributed by atoms with E-state index in [1.165, 1.54) is 0 Å². The number of nitrogens with one attached hydrogen (secondary N) is 1. The van der Waals surface area contributed by atoms with Crippen LogP contribution in [0.5, 0.6) is 0 Å². The van der Waals surface area contributed by atoms with Crippen LogP contribution in [0.4, 0.5) is 0 Å². The minimum atomic E-state index is -0.564. The van der Waals surface area contributed by atoms with Crippen molar-refractivity contribution in [3.05, 3.63) is 25.7 Å². The first-order valence-electron chi connectivity index (χ1n) is 8.63. The Hall–Kier alpha value is -2.04. The second-order valence-electron chi connectivity index (χ2n) is 6.83. The number of hydrogen-bond donors (Lipinski definition) is 1.